The van der Waals surface area contributed by atoms with Gasteiger partial charge in [0.25, 0.3) is 0 Å². The Morgan fingerprint density at radius 2 is 1.50 bits per heavy atom. The molecule has 0 saturated heterocycles. The average molecular weight is 312 g/mol. The summed E-state index contributed by atoms with van der Waals surface area (Å²) in [4.78, 5) is 7.98. The van der Waals surface area contributed by atoms with Crippen molar-refractivity contribution in [2.24, 2.45) is 0 Å². The predicted octanol–water partition coefficient (Wildman–Crippen LogP) is 2.72. The van der Waals surface area contributed by atoms with Gasteiger partial charge < -0.3 is 11.5 Å². The van der Waals surface area contributed by atoms with Crippen LogP contribution in [0.1, 0.15) is 11.1 Å². The molecule has 1 aromatic heterocycles. The lowest BCUT2D eigenvalue weighted by Gasteiger charge is -2.09. The Morgan fingerprint density at radius 3 is 2.17 bits per heavy atom. The zero-order valence-electron chi connectivity index (χ0n) is 12.6. The lowest BCUT2D eigenvalue weighted by molar-refractivity contribution is 1.18. The number of nitriles is 2. The minimum Gasteiger partial charge on any atom is -0.382 e. The highest BCUT2D eigenvalue weighted by molar-refractivity contribution is 5.77. The summed E-state index contributed by atoms with van der Waals surface area (Å²) in [5, 5.41) is 18.2. The molecule has 0 aliphatic heterocycles. The minimum atomic E-state index is 0.0188. The van der Waals surface area contributed by atoms with Crippen molar-refractivity contribution in [3.05, 3.63) is 59.7 Å². The van der Waals surface area contributed by atoms with E-state index in [9.17, 15) is 5.26 Å². The normalized spacial score (nSPS) is 9.92. The van der Waals surface area contributed by atoms with Crippen LogP contribution in [-0.4, -0.2) is 9.97 Å². The van der Waals surface area contributed by atoms with E-state index < -0.39 is 0 Å². The van der Waals surface area contributed by atoms with Gasteiger partial charge in [0, 0.05) is 5.56 Å². The number of benzene rings is 2. The molecule has 2 aromatic carbocycles. The number of anilines is 2. The molecule has 0 fully saturated rings. The average Bonchev–Trinajstić information content (AvgIpc) is 2.61. The van der Waals surface area contributed by atoms with Gasteiger partial charge in [0.15, 0.2) is 0 Å². The third-order valence-electron chi connectivity index (χ3n) is 3.55. The van der Waals surface area contributed by atoms with E-state index in [1.807, 2.05) is 42.5 Å². The van der Waals surface area contributed by atoms with Crippen LogP contribution in [0.3, 0.4) is 0 Å². The van der Waals surface area contributed by atoms with Crippen LogP contribution in [0.15, 0.2) is 48.5 Å². The molecule has 0 aliphatic carbocycles. The van der Waals surface area contributed by atoms with Crippen molar-refractivity contribution < 1.29 is 0 Å². The van der Waals surface area contributed by atoms with E-state index in [0.29, 0.717) is 16.8 Å². The Labute approximate surface area is 138 Å². The molecule has 0 unspecified atom stereocenters. The summed E-state index contributed by atoms with van der Waals surface area (Å²) in [7, 11) is 0. The maximum atomic E-state index is 9.31. The van der Waals surface area contributed by atoms with Gasteiger partial charge in [-0.15, -0.1) is 0 Å². The second-order valence-electron chi connectivity index (χ2n) is 5.07. The summed E-state index contributed by atoms with van der Waals surface area (Å²) in [6, 6.07) is 18.9. The van der Waals surface area contributed by atoms with Gasteiger partial charge in [0.2, 0.25) is 5.95 Å². The van der Waals surface area contributed by atoms with Gasteiger partial charge in [-0.25, -0.2) is 4.98 Å². The van der Waals surface area contributed by atoms with E-state index in [1.54, 1.807) is 12.1 Å². The van der Waals surface area contributed by atoms with E-state index in [0.717, 1.165) is 11.1 Å². The fourth-order valence-electron chi connectivity index (χ4n) is 2.40. The van der Waals surface area contributed by atoms with Crippen LogP contribution in [0.25, 0.3) is 22.4 Å². The molecule has 0 aliphatic rings. The minimum absolute atomic E-state index is 0.0188. The fourth-order valence-corrected chi connectivity index (χ4v) is 2.40. The van der Waals surface area contributed by atoms with Crippen LogP contribution in [0, 0.1) is 22.7 Å². The molecule has 3 rings (SSSR count). The van der Waals surface area contributed by atoms with E-state index in [1.165, 1.54) is 0 Å². The second-order valence-corrected chi connectivity index (χ2v) is 5.07. The quantitative estimate of drug-likeness (QED) is 0.749. The summed E-state index contributed by atoms with van der Waals surface area (Å²) < 4.78 is 0. The zero-order valence-corrected chi connectivity index (χ0v) is 12.6. The summed E-state index contributed by atoms with van der Waals surface area (Å²) >= 11 is 0. The first-order valence-corrected chi connectivity index (χ1v) is 7.06. The van der Waals surface area contributed by atoms with Gasteiger partial charge in [-0.2, -0.15) is 15.5 Å². The number of aromatic nitrogens is 2. The smallest absolute Gasteiger partial charge is 0.222 e. The molecule has 0 atom stereocenters. The highest BCUT2D eigenvalue weighted by Gasteiger charge is 2.13. The molecule has 6 heteroatoms. The Kier molecular flexibility index (Phi) is 3.80. The molecule has 4 N–H and O–H groups in total. The molecule has 0 radical (unpaired) electrons. The number of nitrogen functional groups attached to an aromatic ring is 2. The maximum absolute atomic E-state index is 9.31. The van der Waals surface area contributed by atoms with Crippen molar-refractivity contribution in [2.45, 2.75) is 0 Å². The highest BCUT2D eigenvalue weighted by Crippen LogP contribution is 2.29. The van der Waals surface area contributed by atoms with Gasteiger partial charge in [-0.1, -0.05) is 30.3 Å². The first kappa shape index (κ1) is 15.0. The summed E-state index contributed by atoms with van der Waals surface area (Å²) in [6.07, 6.45) is 0. The third-order valence-corrected chi connectivity index (χ3v) is 3.55. The lowest BCUT2D eigenvalue weighted by Crippen LogP contribution is -2.04. The molecule has 0 amide bonds. The van der Waals surface area contributed by atoms with Gasteiger partial charge in [-0.05, 0) is 29.3 Å². The van der Waals surface area contributed by atoms with Crippen molar-refractivity contribution in [1.82, 2.24) is 9.97 Å². The van der Waals surface area contributed by atoms with Crippen LogP contribution in [0.4, 0.5) is 11.8 Å². The molecule has 3 aromatic rings. The second kappa shape index (κ2) is 6.07. The molecule has 0 bridgehead atoms. The van der Waals surface area contributed by atoms with Crippen LogP contribution < -0.4 is 11.5 Å². The predicted molar refractivity (Wildman–Crippen MR) is 91.2 cm³/mol. The maximum Gasteiger partial charge on any atom is 0.222 e. The number of nitrogens with two attached hydrogens (primary N) is 2. The molecule has 114 valence electrons. The topological polar surface area (TPSA) is 125 Å². The van der Waals surface area contributed by atoms with Crippen LogP contribution in [0.2, 0.25) is 0 Å². The SMILES string of the molecule is N#Cc1ccc(-c2cccc(-c3nc(N)nc(N)c3C#N)c2)cc1. The Balaban J connectivity index is 2.12. The Morgan fingerprint density at radius 1 is 0.792 bits per heavy atom. The van der Waals surface area contributed by atoms with Gasteiger partial charge >= 0.3 is 0 Å². The lowest BCUT2D eigenvalue weighted by atomic mass is 9.99. The van der Waals surface area contributed by atoms with Crippen molar-refractivity contribution in [3.8, 4) is 34.5 Å². The van der Waals surface area contributed by atoms with Gasteiger partial charge in [-0.3, -0.25) is 0 Å². The molecular weight excluding hydrogens is 300 g/mol. The number of hydrogen-bond donors (Lipinski definition) is 2. The number of nitrogens with zero attached hydrogens (tertiary/aromatic N) is 4. The van der Waals surface area contributed by atoms with Crippen molar-refractivity contribution >= 4 is 11.8 Å². The van der Waals surface area contributed by atoms with E-state index in [-0.39, 0.29) is 17.3 Å². The van der Waals surface area contributed by atoms with Crippen molar-refractivity contribution in [1.29, 1.82) is 10.5 Å². The molecule has 0 spiro atoms. The van der Waals surface area contributed by atoms with Gasteiger partial charge in [0.1, 0.15) is 17.5 Å². The zero-order chi connectivity index (χ0) is 17.1. The number of hydrogen-bond acceptors (Lipinski definition) is 6. The first-order chi connectivity index (χ1) is 11.6. The largest absolute Gasteiger partial charge is 0.382 e. The molecule has 0 saturated carbocycles. The van der Waals surface area contributed by atoms with E-state index >= 15 is 0 Å². The molecular formula is C18H12N6. The monoisotopic (exact) mass is 312 g/mol. The summed E-state index contributed by atoms with van der Waals surface area (Å²) in [5.74, 6) is 0.0778. The van der Waals surface area contributed by atoms with Crippen LogP contribution in [-0.2, 0) is 0 Å². The fraction of sp³-hybridized carbons (Fsp3) is 0. The Bertz CT molecular complexity index is 993. The molecule has 1 heterocycles. The van der Waals surface area contributed by atoms with E-state index in [2.05, 4.69) is 16.0 Å². The Hall–Kier alpha value is -3.90. The number of rotatable bonds is 2. The van der Waals surface area contributed by atoms with E-state index in [4.69, 9.17) is 16.7 Å². The molecule has 24 heavy (non-hydrogen) atoms. The first-order valence-electron chi connectivity index (χ1n) is 7.06. The standard InChI is InChI=1S/C18H12N6/c19-9-11-4-6-12(7-5-11)13-2-1-3-14(8-13)16-15(10-20)17(21)24-18(22)23-16/h1-8H,(H4,21,22,23,24). The molecule has 6 nitrogen and oxygen atoms in total. The van der Waals surface area contributed by atoms with Crippen LogP contribution in [0.5, 0.6) is 0 Å². The van der Waals surface area contributed by atoms with Crippen molar-refractivity contribution in [3.63, 3.8) is 0 Å². The van der Waals surface area contributed by atoms with Gasteiger partial charge in [0.05, 0.1) is 17.3 Å². The summed E-state index contributed by atoms with van der Waals surface area (Å²) in [6.45, 7) is 0. The highest BCUT2D eigenvalue weighted by atomic mass is 15.0. The summed E-state index contributed by atoms with van der Waals surface area (Å²) in [5.41, 5.74) is 15.2. The van der Waals surface area contributed by atoms with Crippen molar-refractivity contribution in [2.75, 3.05) is 11.5 Å². The van der Waals surface area contributed by atoms with Crippen LogP contribution >= 0.6 is 0 Å². The third kappa shape index (κ3) is 2.72.